The molecule has 1 saturated heterocycles. The van der Waals surface area contributed by atoms with E-state index in [0.29, 0.717) is 16.9 Å². The molecule has 0 aromatic heterocycles. The molecule has 0 aromatic carbocycles. The summed E-state index contributed by atoms with van der Waals surface area (Å²) < 4.78 is 11.0. The van der Waals surface area contributed by atoms with E-state index < -0.39 is 0 Å². The van der Waals surface area contributed by atoms with Crippen molar-refractivity contribution < 1.29 is 14.5 Å². The van der Waals surface area contributed by atoms with E-state index in [1.165, 1.54) is 0 Å². The number of methoxy groups -OCH3 is 2. The number of hydroxylamine groups is 2. The van der Waals surface area contributed by atoms with E-state index in [1.54, 1.807) is 14.2 Å². The van der Waals surface area contributed by atoms with Crippen LogP contribution in [0.2, 0.25) is 0 Å². The summed E-state index contributed by atoms with van der Waals surface area (Å²) in [5.41, 5.74) is 0. The standard InChI is InChI=1S/C12H23NO3/c1-8-10-7-12(16-3)11(15-2)6-9(10)4-5-13(8)14/h8-13H,4-7H2,1-3H3. The van der Waals surface area contributed by atoms with Crippen molar-refractivity contribution in [3.05, 3.63) is 5.21 Å². The fraction of sp³-hybridized carbons (Fsp3) is 1.00. The lowest BCUT2D eigenvalue weighted by atomic mass is 9.70. The summed E-state index contributed by atoms with van der Waals surface area (Å²) in [5.74, 6) is 1.17. The van der Waals surface area contributed by atoms with Crippen LogP contribution in [0.4, 0.5) is 0 Å². The van der Waals surface area contributed by atoms with Gasteiger partial charge >= 0.3 is 0 Å². The number of hydrogen-bond donors (Lipinski definition) is 1. The van der Waals surface area contributed by atoms with Crippen molar-refractivity contribution >= 4 is 0 Å². The highest BCUT2D eigenvalue weighted by atomic mass is 16.5. The van der Waals surface area contributed by atoms with Gasteiger partial charge in [-0.25, -0.2) is 0 Å². The maximum Gasteiger partial charge on any atom is 0.0875 e. The van der Waals surface area contributed by atoms with Crippen molar-refractivity contribution in [1.82, 2.24) is 0 Å². The third kappa shape index (κ3) is 2.12. The third-order valence-corrected chi connectivity index (χ3v) is 4.58. The number of quaternary nitrogens is 1. The zero-order valence-electron chi connectivity index (χ0n) is 10.4. The Hall–Kier alpha value is -0.160. The lowest BCUT2D eigenvalue weighted by Crippen LogP contribution is -3.13. The molecular weight excluding hydrogens is 206 g/mol. The molecule has 1 heterocycles. The van der Waals surface area contributed by atoms with Gasteiger partial charge in [0.15, 0.2) is 0 Å². The Morgan fingerprint density at radius 3 is 2.38 bits per heavy atom. The zero-order chi connectivity index (χ0) is 11.7. The van der Waals surface area contributed by atoms with E-state index in [9.17, 15) is 5.21 Å². The minimum Gasteiger partial charge on any atom is -0.634 e. The molecule has 0 radical (unpaired) electrons. The highest BCUT2D eigenvalue weighted by molar-refractivity contribution is 4.90. The van der Waals surface area contributed by atoms with E-state index in [4.69, 9.17) is 9.47 Å². The minimum atomic E-state index is 0.166. The van der Waals surface area contributed by atoms with Crippen LogP contribution in [0.25, 0.3) is 0 Å². The van der Waals surface area contributed by atoms with Gasteiger partial charge in [-0.05, 0) is 25.7 Å². The van der Waals surface area contributed by atoms with Gasteiger partial charge in [0.2, 0.25) is 0 Å². The zero-order valence-corrected chi connectivity index (χ0v) is 10.4. The maximum absolute atomic E-state index is 11.7. The molecule has 16 heavy (non-hydrogen) atoms. The highest BCUT2D eigenvalue weighted by Crippen LogP contribution is 2.37. The van der Waals surface area contributed by atoms with Crippen molar-refractivity contribution in [2.24, 2.45) is 11.8 Å². The SMILES string of the molecule is COC1CC2CC[NH+]([O-])C(C)C2CC1OC. The van der Waals surface area contributed by atoms with Gasteiger partial charge in [-0.1, -0.05) is 0 Å². The molecule has 2 rings (SSSR count). The first-order valence-electron chi connectivity index (χ1n) is 6.25. The van der Waals surface area contributed by atoms with Crippen LogP contribution in [0.5, 0.6) is 0 Å². The molecule has 2 aliphatic rings. The molecular formula is C12H23NO3. The molecule has 6 unspecified atom stereocenters. The maximum atomic E-state index is 11.7. The number of piperidine rings is 1. The Morgan fingerprint density at radius 1 is 1.12 bits per heavy atom. The van der Waals surface area contributed by atoms with Crippen LogP contribution in [0.3, 0.4) is 0 Å². The van der Waals surface area contributed by atoms with E-state index in [2.05, 4.69) is 6.92 Å². The number of ether oxygens (including phenoxy) is 2. The molecule has 4 heteroatoms. The summed E-state index contributed by atoms with van der Waals surface area (Å²) in [6.45, 7) is 2.84. The Morgan fingerprint density at radius 2 is 1.75 bits per heavy atom. The molecule has 0 spiro atoms. The van der Waals surface area contributed by atoms with E-state index >= 15 is 0 Å². The molecule has 2 fully saturated rings. The first kappa shape index (κ1) is 12.3. The Labute approximate surface area is 97.5 Å². The molecule has 4 nitrogen and oxygen atoms in total. The molecule has 1 aliphatic heterocycles. The molecule has 1 N–H and O–H groups in total. The second kappa shape index (κ2) is 5.00. The summed E-state index contributed by atoms with van der Waals surface area (Å²) in [4.78, 5) is 0. The second-order valence-electron chi connectivity index (χ2n) is 5.24. The minimum absolute atomic E-state index is 0.166. The summed E-state index contributed by atoms with van der Waals surface area (Å²) in [6, 6.07) is 0.217. The number of hydrogen-bond acceptors (Lipinski definition) is 3. The second-order valence-corrected chi connectivity index (χ2v) is 5.24. The predicted octanol–water partition coefficient (Wildman–Crippen LogP) is 0.218. The highest BCUT2D eigenvalue weighted by Gasteiger charge is 2.44. The average Bonchev–Trinajstić information content (AvgIpc) is 2.32. The third-order valence-electron chi connectivity index (χ3n) is 4.58. The Balaban J connectivity index is 2.06. The summed E-state index contributed by atoms with van der Waals surface area (Å²) in [5, 5.41) is 12.2. The fourth-order valence-corrected chi connectivity index (χ4v) is 3.47. The van der Waals surface area contributed by atoms with Crippen LogP contribution in [0.1, 0.15) is 26.2 Å². The van der Waals surface area contributed by atoms with Crippen LogP contribution in [-0.2, 0) is 9.47 Å². The van der Waals surface area contributed by atoms with Gasteiger partial charge in [0, 0.05) is 26.6 Å². The lowest BCUT2D eigenvalue weighted by Gasteiger charge is -2.49. The van der Waals surface area contributed by atoms with E-state index in [0.717, 1.165) is 25.8 Å². The van der Waals surface area contributed by atoms with Crippen LogP contribution >= 0.6 is 0 Å². The lowest BCUT2D eigenvalue weighted by molar-refractivity contribution is -0.886. The van der Waals surface area contributed by atoms with Crippen LogP contribution in [-0.4, -0.2) is 39.0 Å². The topological polar surface area (TPSA) is 46.0 Å². The van der Waals surface area contributed by atoms with Crippen LogP contribution in [0, 0.1) is 17.0 Å². The smallest absolute Gasteiger partial charge is 0.0875 e. The fourth-order valence-electron chi connectivity index (χ4n) is 3.47. The van der Waals surface area contributed by atoms with Crippen molar-refractivity contribution in [2.75, 3.05) is 20.8 Å². The molecule has 6 atom stereocenters. The normalized spacial score (nSPS) is 48.8. The first-order chi connectivity index (χ1) is 7.67. The van der Waals surface area contributed by atoms with Gasteiger partial charge in [0.05, 0.1) is 24.8 Å². The number of nitrogens with one attached hydrogen (secondary N) is 1. The molecule has 0 amide bonds. The van der Waals surface area contributed by atoms with Crippen molar-refractivity contribution in [3.63, 3.8) is 0 Å². The quantitative estimate of drug-likeness (QED) is 0.689. The molecule has 0 bridgehead atoms. The average molecular weight is 229 g/mol. The van der Waals surface area contributed by atoms with Crippen LogP contribution < -0.4 is 5.06 Å². The summed E-state index contributed by atoms with van der Waals surface area (Å²) in [6.07, 6.45) is 3.46. The van der Waals surface area contributed by atoms with E-state index in [1.807, 2.05) is 0 Å². The van der Waals surface area contributed by atoms with Crippen molar-refractivity contribution in [2.45, 2.75) is 44.4 Å². The molecule has 1 saturated carbocycles. The Kier molecular flexibility index (Phi) is 3.85. The van der Waals surface area contributed by atoms with Crippen molar-refractivity contribution in [1.29, 1.82) is 0 Å². The van der Waals surface area contributed by atoms with Gasteiger partial charge in [-0.2, -0.15) is 0 Å². The Bertz CT molecular complexity index is 236. The van der Waals surface area contributed by atoms with Gasteiger partial charge in [0.25, 0.3) is 0 Å². The van der Waals surface area contributed by atoms with Crippen molar-refractivity contribution in [3.8, 4) is 0 Å². The van der Waals surface area contributed by atoms with E-state index in [-0.39, 0.29) is 18.2 Å². The first-order valence-corrected chi connectivity index (χ1v) is 6.25. The van der Waals surface area contributed by atoms with Crippen LogP contribution in [0.15, 0.2) is 0 Å². The van der Waals surface area contributed by atoms with Gasteiger partial charge in [0.1, 0.15) is 0 Å². The number of fused-ring (bicyclic) bond motifs is 1. The van der Waals surface area contributed by atoms with Gasteiger partial charge < -0.3 is 19.7 Å². The van der Waals surface area contributed by atoms with Gasteiger partial charge in [-0.15, -0.1) is 0 Å². The van der Waals surface area contributed by atoms with Gasteiger partial charge in [-0.3, -0.25) is 0 Å². The summed E-state index contributed by atoms with van der Waals surface area (Å²) >= 11 is 0. The molecule has 94 valence electrons. The monoisotopic (exact) mass is 229 g/mol. The molecule has 1 aliphatic carbocycles. The number of rotatable bonds is 2. The largest absolute Gasteiger partial charge is 0.634 e. The predicted molar refractivity (Wildman–Crippen MR) is 61.1 cm³/mol. The summed E-state index contributed by atoms with van der Waals surface area (Å²) in [7, 11) is 3.50. The molecule has 0 aromatic rings.